The first kappa shape index (κ1) is 28.8. The van der Waals surface area contributed by atoms with Gasteiger partial charge in [0.2, 0.25) is 5.91 Å². The molecule has 2 fully saturated rings. The lowest BCUT2D eigenvalue weighted by molar-refractivity contribution is -0.135. The van der Waals surface area contributed by atoms with Crippen LogP contribution < -0.4 is 21.8 Å². The number of amides is 3. The van der Waals surface area contributed by atoms with E-state index in [1.54, 1.807) is 13.8 Å². The van der Waals surface area contributed by atoms with Gasteiger partial charge in [-0.3, -0.25) is 19.8 Å². The van der Waals surface area contributed by atoms with Crippen molar-refractivity contribution >= 4 is 17.7 Å². The summed E-state index contributed by atoms with van der Waals surface area (Å²) in [6, 6.07) is 17.7. The SMILES string of the molecule is CCNC(=O)c1ccccc1C1C[C@H]2CC[C@@H](C1)N2NC(=O)C(CCCc1ccccc1)NC(=O)C(C)(C)N. The molecule has 2 heterocycles. The second-order valence-corrected chi connectivity index (χ2v) is 11.5. The minimum absolute atomic E-state index is 0.0342. The van der Waals surface area contributed by atoms with Crippen LogP contribution in [0.2, 0.25) is 0 Å². The Balaban J connectivity index is 1.42. The molecule has 0 saturated carbocycles. The minimum Gasteiger partial charge on any atom is -0.352 e. The van der Waals surface area contributed by atoms with Gasteiger partial charge in [-0.25, -0.2) is 5.01 Å². The molecule has 2 aromatic rings. The average molecular weight is 534 g/mol. The molecule has 210 valence electrons. The van der Waals surface area contributed by atoms with Crippen LogP contribution in [0.3, 0.4) is 0 Å². The Bertz CT molecular complexity index is 1130. The number of nitrogens with zero attached hydrogens (tertiary/aromatic N) is 1. The number of nitrogens with one attached hydrogen (secondary N) is 3. The maximum absolute atomic E-state index is 13.5. The number of hydrazine groups is 1. The summed E-state index contributed by atoms with van der Waals surface area (Å²) in [4.78, 5) is 38.9. The highest BCUT2D eigenvalue weighted by Gasteiger charge is 2.43. The third-order valence-corrected chi connectivity index (χ3v) is 7.96. The number of hydrogen-bond donors (Lipinski definition) is 4. The van der Waals surface area contributed by atoms with Crippen molar-refractivity contribution < 1.29 is 14.4 Å². The molecule has 4 rings (SSSR count). The fourth-order valence-corrected chi connectivity index (χ4v) is 5.90. The highest BCUT2D eigenvalue weighted by molar-refractivity contribution is 5.96. The van der Waals surface area contributed by atoms with Gasteiger partial charge in [0, 0.05) is 24.2 Å². The maximum atomic E-state index is 13.5. The van der Waals surface area contributed by atoms with Crippen LogP contribution in [0.25, 0.3) is 0 Å². The van der Waals surface area contributed by atoms with Crippen LogP contribution in [0.5, 0.6) is 0 Å². The first-order chi connectivity index (χ1) is 18.7. The Morgan fingerprint density at radius 1 is 1.00 bits per heavy atom. The first-order valence-corrected chi connectivity index (χ1v) is 14.3. The van der Waals surface area contributed by atoms with Crippen LogP contribution in [-0.2, 0) is 16.0 Å². The molecule has 2 aliphatic rings. The normalized spacial score (nSPS) is 21.7. The van der Waals surface area contributed by atoms with E-state index in [1.807, 2.05) is 43.3 Å². The summed E-state index contributed by atoms with van der Waals surface area (Å²) in [5.41, 5.74) is 11.2. The van der Waals surface area contributed by atoms with Gasteiger partial charge >= 0.3 is 0 Å². The number of nitrogens with two attached hydrogens (primary N) is 1. The third-order valence-electron chi connectivity index (χ3n) is 7.96. The van der Waals surface area contributed by atoms with Gasteiger partial charge in [-0.2, -0.15) is 0 Å². The van der Waals surface area contributed by atoms with Gasteiger partial charge in [-0.15, -0.1) is 0 Å². The van der Waals surface area contributed by atoms with E-state index in [9.17, 15) is 14.4 Å². The molecular weight excluding hydrogens is 490 g/mol. The lowest BCUT2D eigenvalue weighted by Crippen LogP contribution is -2.60. The van der Waals surface area contributed by atoms with Gasteiger partial charge in [-0.05, 0) is 88.8 Å². The van der Waals surface area contributed by atoms with Crippen molar-refractivity contribution in [1.29, 1.82) is 0 Å². The quantitative estimate of drug-likeness (QED) is 0.353. The minimum atomic E-state index is -1.08. The summed E-state index contributed by atoms with van der Waals surface area (Å²) in [6.45, 7) is 5.80. The lowest BCUT2D eigenvalue weighted by Gasteiger charge is -2.40. The van der Waals surface area contributed by atoms with E-state index in [-0.39, 0.29) is 35.7 Å². The van der Waals surface area contributed by atoms with Crippen LogP contribution in [0, 0.1) is 0 Å². The molecule has 2 aliphatic heterocycles. The van der Waals surface area contributed by atoms with E-state index in [0.29, 0.717) is 13.0 Å². The van der Waals surface area contributed by atoms with Crippen LogP contribution in [0.15, 0.2) is 54.6 Å². The van der Waals surface area contributed by atoms with Crippen molar-refractivity contribution in [3.63, 3.8) is 0 Å². The number of piperidine rings is 1. The van der Waals surface area contributed by atoms with Crippen molar-refractivity contribution in [3.05, 3.63) is 71.3 Å². The first-order valence-electron chi connectivity index (χ1n) is 14.3. The Morgan fingerprint density at radius 2 is 1.64 bits per heavy atom. The van der Waals surface area contributed by atoms with Crippen LogP contribution in [-0.4, -0.2) is 52.9 Å². The maximum Gasteiger partial charge on any atom is 0.256 e. The Labute approximate surface area is 232 Å². The summed E-state index contributed by atoms with van der Waals surface area (Å²) >= 11 is 0. The largest absolute Gasteiger partial charge is 0.352 e. The summed E-state index contributed by atoms with van der Waals surface area (Å²) in [6.07, 6.45) is 5.83. The van der Waals surface area contributed by atoms with E-state index in [4.69, 9.17) is 5.73 Å². The molecule has 2 bridgehead atoms. The number of aryl methyl sites for hydroxylation is 1. The van der Waals surface area contributed by atoms with Crippen LogP contribution >= 0.6 is 0 Å². The zero-order valence-electron chi connectivity index (χ0n) is 23.4. The highest BCUT2D eigenvalue weighted by atomic mass is 16.2. The topological polar surface area (TPSA) is 117 Å². The molecule has 39 heavy (non-hydrogen) atoms. The zero-order chi connectivity index (χ0) is 28.0. The van der Waals surface area contributed by atoms with E-state index >= 15 is 0 Å². The predicted molar refractivity (Wildman–Crippen MR) is 153 cm³/mol. The van der Waals surface area contributed by atoms with Gasteiger partial charge in [0.25, 0.3) is 11.8 Å². The molecule has 2 unspecified atom stereocenters. The molecular formula is C31H43N5O3. The number of carbonyl (C=O) groups excluding carboxylic acids is 3. The number of rotatable bonds is 11. The number of hydrogen-bond acceptors (Lipinski definition) is 5. The average Bonchev–Trinajstić information content (AvgIpc) is 3.13. The summed E-state index contributed by atoms with van der Waals surface area (Å²) in [5.74, 6) is -0.313. The van der Waals surface area contributed by atoms with Crippen molar-refractivity contribution in [2.75, 3.05) is 6.54 Å². The van der Waals surface area contributed by atoms with Crippen molar-refractivity contribution in [1.82, 2.24) is 21.1 Å². The zero-order valence-corrected chi connectivity index (χ0v) is 23.4. The second kappa shape index (κ2) is 12.7. The van der Waals surface area contributed by atoms with Gasteiger partial charge in [-0.1, -0.05) is 48.5 Å². The molecule has 0 aliphatic carbocycles. The lowest BCUT2D eigenvalue weighted by atomic mass is 9.83. The summed E-state index contributed by atoms with van der Waals surface area (Å²) < 4.78 is 0. The molecule has 0 aromatic heterocycles. The van der Waals surface area contributed by atoms with Crippen molar-refractivity contribution in [2.45, 2.75) is 95.3 Å². The standard InChI is InChI=1S/C31H43N5O3/c1-4-33-28(37)26-15-9-8-14-25(26)22-19-23-17-18-24(20-22)36(23)35-29(38)27(34-30(39)31(2,3)32)16-10-13-21-11-6-5-7-12-21/h5-9,11-12,14-15,22-24,27H,4,10,13,16-20,32H2,1-3H3,(H,33,37)(H,34,39)(H,35,38)/t22?,23-,24+,27?. The molecule has 8 nitrogen and oxygen atoms in total. The second-order valence-electron chi connectivity index (χ2n) is 11.5. The smallest absolute Gasteiger partial charge is 0.256 e. The van der Waals surface area contributed by atoms with Crippen LogP contribution in [0.4, 0.5) is 0 Å². The molecule has 8 heteroatoms. The predicted octanol–water partition coefficient (Wildman–Crippen LogP) is 3.42. The van der Waals surface area contributed by atoms with E-state index in [1.165, 1.54) is 5.56 Å². The molecule has 4 atom stereocenters. The van der Waals surface area contributed by atoms with E-state index < -0.39 is 11.6 Å². The fourth-order valence-electron chi connectivity index (χ4n) is 5.90. The van der Waals surface area contributed by atoms with Crippen LogP contribution in [0.1, 0.15) is 86.7 Å². The highest BCUT2D eigenvalue weighted by Crippen LogP contribution is 2.43. The van der Waals surface area contributed by atoms with E-state index in [0.717, 1.165) is 49.7 Å². The molecule has 3 amide bonds. The Morgan fingerprint density at radius 3 is 2.28 bits per heavy atom. The van der Waals surface area contributed by atoms with Gasteiger partial charge in [0.1, 0.15) is 6.04 Å². The molecule has 2 aromatic carbocycles. The monoisotopic (exact) mass is 533 g/mol. The fraction of sp³-hybridized carbons (Fsp3) is 0.516. The molecule has 5 N–H and O–H groups in total. The molecule has 2 saturated heterocycles. The Hall–Kier alpha value is -3.23. The van der Waals surface area contributed by atoms with Gasteiger partial charge in [0.15, 0.2) is 0 Å². The number of carbonyl (C=O) groups is 3. The van der Waals surface area contributed by atoms with Crippen molar-refractivity contribution in [2.24, 2.45) is 5.73 Å². The van der Waals surface area contributed by atoms with Crippen molar-refractivity contribution in [3.8, 4) is 0 Å². The van der Waals surface area contributed by atoms with Gasteiger partial charge in [0.05, 0.1) is 5.54 Å². The summed E-state index contributed by atoms with van der Waals surface area (Å²) in [7, 11) is 0. The Kier molecular flexibility index (Phi) is 9.40. The number of benzene rings is 2. The molecule has 0 spiro atoms. The van der Waals surface area contributed by atoms with Gasteiger partial charge < -0.3 is 16.4 Å². The third kappa shape index (κ3) is 7.25. The summed E-state index contributed by atoms with van der Waals surface area (Å²) in [5, 5.41) is 7.94. The van der Waals surface area contributed by atoms with E-state index in [2.05, 4.69) is 39.3 Å². The molecule has 0 radical (unpaired) electrons. The number of fused-ring (bicyclic) bond motifs is 2.